The van der Waals surface area contributed by atoms with Crippen LogP contribution >= 0.6 is 0 Å². The van der Waals surface area contributed by atoms with Crippen molar-refractivity contribution in [3.63, 3.8) is 0 Å². The maximum atomic E-state index is 11.7. The van der Waals surface area contributed by atoms with E-state index in [4.69, 9.17) is 9.15 Å². The van der Waals surface area contributed by atoms with Crippen LogP contribution in [0, 0.1) is 5.92 Å². The van der Waals surface area contributed by atoms with Crippen molar-refractivity contribution in [3.8, 4) is 0 Å². The summed E-state index contributed by atoms with van der Waals surface area (Å²) >= 11 is 0. The Hall–Kier alpha value is -1.09. The number of ketones is 1. The van der Waals surface area contributed by atoms with Crippen LogP contribution in [0.5, 0.6) is 0 Å². The highest BCUT2D eigenvalue weighted by atomic mass is 16.5. The molecule has 1 aliphatic heterocycles. The zero-order chi connectivity index (χ0) is 11.2. The van der Waals surface area contributed by atoms with E-state index in [1.165, 1.54) is 0 Å². The number of Topliss-reactive ketones (excluding diaryl/α,β-unsaturated/α-hetero) is 1. The first-order chi connectivity index (χ1) is 7.84. The maximum Gasteiger partial charge on any atom is 0.133 e. The average molecular weight is 222 g/mol. The smallest absolute Gasteiger partial charge is 0.133 e. The van der Waals surface area contributed by atoms with Crippen LogP contribution in [-0.4, -0.2) is 19.0 Å². The van der Waals surface area contributed by atoms with E-state index in [-0.39, 0.29) is 0 Å². The van der Waals surface area contributed by atoms with Gasteiger partial charge in [0.05, 0.1) is 6.26 Å². The normalized spacial score (nSPS) is 17.5. The summed E-state index contributed by atoms with van der Waals surface area (Å²) in [5, 5.41) is 0. The van der Waals surface area contributed by atoms with Crippen molar-refractivity contribution < 1.29 is 13.9 Å². The van der Waals surface area contributed by atoms with Gasteiger partial charge >= 0.3 is 0 Å². The molecule has 1 aromatic rings. The van der Waals surface area contributed by atoms with Gasteiger partial charge in [0.15, 0.2) is 0 Å². The quantitative estimate of drug-likeness (QED) is 0.768. The molecule has 1 saturated heterocycles. The number of hydrogen-bond donors (Lipinski definition) is 0. The molecule has 16 heavy (non-hydrogen) atoms. The van der Waals surface area contributed by atoms with Crippen molar-refractivity contribution in [2.45, 2.75) is 32.1 Å². The van der Waals surface area contributed by atoms with Gasteiger partial charge < -0.3 is 9.15 Å². The molecule has 0 atom stereocenters. The first-order valence-electron chi connectivity index (χ1n) is 5.96. The molecule has 0 radical (unpaired) electrons. The lowest BCUT2D eigenvalue weighted by Gasteiger charge is -2.21. The van der Waals surface area contributed by atoms with Gasteiger partial charge in [-0.25, -0.2) is 0 Å². The van der Waals surface area contributed by atoms with E-state index in [1.54, 1.807) is 6.26 Å². The largest absolute Gasteiger partial charge is 0.469 e. The van der Waals surface area contributed by atoms with Gasteiger partial charge in [-0.15, -0.1) is 0 Å². The van der Waals surface area contributed by atoms with Gasteiger partial charge in [-0.05, 0) is 30.9 Å². The van der Waals surface area contributed by atoms with Gasteiger partial charge in [-0.2, -0.15) is 0 Å². The van der Waals surface area contributed by atoms with Gasteiger partial charge in [0.2, 0.25) is 0 Å². The number of hydrogen-bond acceptors (Lipinski definition) is 3. The molecular formula is C13H18O3. The van der Waals surface area contributed by atoms with Crippen LogP contribution in [0.25, 0.3) is 0 Å². The fourth-order valence-electron chi connectivity index (χ4n) is 2.09. The van der Waals surface area contributed by atoms with E-state index in [1.807, 2.05) is 12.1 Å². The summed E-state index contributed by atoms with van der Waals surface area (Å²) in [7, 11) is 0. The summed E-state index contributed by atoms with van der Waals surface area (Å²) in [6.07, 6.45) is 5.77. The summed E-state index contributed by atoms with van der Waals surface area (Å²) in [6, 6.07) is 3.78. The molecule has 1 aliphatic rings. The molecule has 3 nitrogen and oxygen atoms in total. The van der Waals surface area contributed by atoms with E-state index in [0.29, 0.717) is 24.5 Å². The molecule has 0 aromatic carbocycles. The van der Waals surface area contributed by atoms with E-state index in [0.717, 1.165) is 38.2 Å². The Bertz CT molecular complexity index is 310. The second kappa shape index (κ2) is 5.85. The van der Waals surface area contributed by atoms with Crippen LogP contribution < -0.4 is 0 Å². The van der Waals surface area contributed by atoms with Crippen molar-refractivity contribution in [2.75, 3.05) is 13.2 Å². The molecule has 0 saturated carbocycles. The number of aryl methyl sites for hydroxylation is 1. The minimum absolute atomic E-state index is 0.350. The maximum absolute atomic E-state index is 11.7. The molecule has 2 rings (SSSR count). The molecule has 0 bridgehead atoms. The Morgan fingerprint density at radius 2 is 2.19 bits per heavy atom. The molecule has 0 amide bonds. The Labute approximate surface area is 95.8 Å². The van der Waals surface area contributed by atoms with Crippen molar-refractivity contribution >= 4 is 5.78 Å². The fraction of sp³-hybridized carbons (Fsp3) is 0.615. The van der Waals surface area contributed by atoms with E-state index in [9.17, 15) is 4.79 Å². The third kappa shape index (κ3) is 3.49. The van der Waals surface area contributed by atoms with Crippen LogP contribution in [0.15, 0.2) is 22.8 Å². The topological polar surface area (TPSA) is 39.4 Å². The molecule has 1 fully saturated rings. The third-order valence-corrected chi connectivity index (χ3v) is 3.09. The van der Waals surface area contributed by atoms with Crippen molar-refractivity contribution in [3.05, 3.63) is 24.2 Å². The molecule has 2 heterocycles. The zero-order valence-corrected chi connectivity index (χ0v) is 9.48. The van der Waals surface area contributed by atoms with Crippen molar-refractivity contribution in [1.82, 2.24) is 0 Å². The molecule has 0 N–H and O–H groups in total. The minimum atomic E-state index is 0.350. The van der Waals surface area contributed by atoms with Gasteiger partial charge in [-0.3, -0.25) is 4.79 Å². The third-order valence-electron chi connectivity index (χ3n) is 3.09. The predicted molar refractivity (Wildman–Crippen MR) is 60.2 cm³/mol. The summed E-state index contributed by atoms with van der Waals surface area (Å²) in [5.41, 5.74) is 0. The number of furan rings is 1. The van der Waals surface area contributed by atoms with E-state index in [2.05, 4.69) is 0 Å². The monoisotopic (exact) mass is 222 g/mol. The highest BCUT2D eigenvalue weighted by Gasteiger charge is 2.17. The SMILES string of the molecule is O=C(CCc1ccco1)CC1CCOCC1. The van der Waals surface area contributed by atoms with Gasteiger partial charge in [0.25, 0.3) is 0 Å². The summed E-state index contributed by atoms with van der Waals surface area (Å²) in [4.78, 5) is 11.7. The Morgan fingerprint density at radius 3 is 2.88 bits per heavy atom. The summed E-state index contributed by atoms with van der Waals surface area (Å²) in [6.45, 7) is 1.63. The standard InChI is InChI=1S/C13H18O3/c14-12(3-4-13-2-1-7-16-13)10-11-5-8-15-9-6-11/h1-2,7,11H,3-6,8-10H2. The zero-order valence-electron chi connectivity index (χ0n) is 9.48. The lowest BCUT2D eigenvalue weighted by Crippen LogP contribution is -2.18. The molecule has 88 valence electrons. The van der Waals surface area contributed by atoms with Gasteiger partial charge in [-0.1, -0.05) is 0 Å². The Balaban J connectivity index is 1.67. The molecule has 0 spiro atoms. The minimum Gasteiger partial charge on any atom is -0.469 e. The Kier molecular flexibility index (Phi) is 4.17. The average Bonchev–Trinajstić information content (AvgIpc) is 2.81. The second-order valence-electron chi connectivity index (χ2n) is 4.38. The van der Waals surface area contributed by atoms with Crippen molar-refractivity contribution in [2.24, 2.45) is 5.92 Å². The highest BCUT2D eigenvalue weighted by molar-refractivity contribution is 5.78. The number of carbonyl (C=O) groups is 1. The number of ether oxygens (including phenoxy) is 1. The first-order valence-corrected chi connectivity index (χ1v) is 5.96. The van der Waals surface area contributed by atoms with Crippen LogP contribution in [-0.2, 0) is 16.0 Å². The van der Waals surface area contributed by atoms with Gasteiger partial charge in [0.1, 0.15) is 11.5 Å². The van der Waals surface area contributed by atoms with Crippen LogP contribution in [0.2, 0.25) is 0 Å². The second-order valence-corrected chi connectivity index (χ2v) is 4.38. The Morgan fingerprint density at radius 1 is 1.38 bits per heavy atom. The van der Waals surface area contributed by atoms with Gasteiger partial charge in [0, 0.05) is 32.5 Å². The number of rotatable bonds is 5. The van der Waals surface area contributed by atoms with Crippen LogP contribution in [0.1, 0.15) is 31.4 Å². The fourth-order valence-corrected chi connectivity index (χ4v) is 2.09. The lowest BCUT2D eigenvalue weighted by atomic mass is 9.93. The predicted octanol–water partition coefficient (Wildman–Crippen LogP) is 2.60. The van der Waals surface area contributed by atoms with Crippen LogP contribution in [0.3, 0.4) is 0 Å². The lowest BCUT2D eigenvalue weighted by molar-refractivity contribution is -0.120. The molecular weight excluding hydrogens is 204 g/mol. The summed E-state index contributed by atoms with van der Waals surface area (Å²) in [5.74, 6) is 1.79. The van der Waals surface area contributed by atoms with E-state index >= 15 is 0 Å². The number of carbonyl (C=O) groups excluding carboxylic acids is 1. The molecule has 3 heteroatoms. The highest BCUT2D eigenvalue weighted by Crippen LogP contribution is 2.19. The first kappa shape index (κ1) is 11.4. The summed E-state index contributed by atoms with van der Waals surface area (Å²) < 4.78 is 10.5. The molecule has 0 aliphatic carbocycles. The van der Waals surface area contributed by atoms with Crippen LogP contribution in [0.4, 0.5) is 0 Å². The van der Waals surface area contributed by atoms with E-state index < -0.39 is 0 Å². The molecule has 1 aromatic heterocycles. The van der Waals surface area contributed by atoms with Crippen molar-refractivity contribution in [1.29, 1.82) is 0 Å². The molecule has 0 unspecified atom stereocenters.